The average Bonchev–Trinajstić information content (AvgIpc) is 3.01. The van der Waals surface area contributed by atoms with E-state index in [0.717, 1.165) is 16.8 Å². The largest absolute Gasteiger partial charge is 0.465 e. The summed E-state index contributed by atoms with van der Waals surface area (Å²) in [6.07, 6.45) is 8.72. The Hall–Kier alpha value is -3.25. The van der Waals surface area contributed by atoms with Crippen LogP contribution in [0.1, 0.15) is 0 Å². The molecule has 0 aromatic heterocycles. The molecule has 0 bridgehead atoms. The SMILES string of the molecule is COC(=O)C1=C(C(=O)OC)N(c2cccc(-c3ccc(SC)cc3)c2)C=CC=C1. The smallest absolute Gasteiger partial charge is 0.355 e. The predicted octanol–water partition coefficient (Wildman–Crippen LogP) is 4.57. The van der Waals surface area contributed by atoms with E-state index in [-0.39, 0.29) is 11.3 Å². The standard InChI is InChI=1S/C23H21NO4S/c1-27-22(25)20-9-4-5-14-24(21(20)23(26)28-2)18-8-6-7-17(15-18)16-10-12-19(29-3)13-11-16/h4-15H,1-3H3. The highest BCUT2D eigenvalue weighted by Gasteiger charge is 2.27. The van der Waals surface area contributed by atoms with Gasteiger partial charge in [-0.1, -0.05) is 30.3 Å². The zero-order valence-corrected chi connectivity index (χ0v) is 17.2. The summed E-state index contributed by atoms with van der Waals surface area (Å²) in [6.45, 7) is 0. The molecule has 2 aromatic carbocycles. The fraction of sp³-hybridized carbons (Fsp3) is 0.130. The van der Waals surface area contributed by atoms with Crippen molar-refractivity contribution in [2.24, 2.45) is 0 Å². The molecule has 0 atom stereocenters. The minimum atomic E-state index is -0.628. The van der Waals surface area contributed by atoms with E-state index in [4.69, 9.17) is 9.47 Å². The first-order valence-electron chi connectivity index (χ1n) is 8.88. The Morgan fingerprint density at radius 2 is 1.62 bits per heavy atom. The number of rotatable bonds is 5. The summed E-state index contributed by atoms with van der Waals surface area (Å²) in [5.74, 6) is -1.24. The third-order valence-electron chi connectivity index (χ3n) is 4.44. The lowest BCUT2D eigenvalue weighted by Crippen LogP contribution is -2.26. The molecule has 0 fully saturated rings. The zero-order valence-electron chi connectivity index (χ0n) is 16.4. The number of anilines is 1. The van der Waals surface area contributed by atoms with E-state index in [2.05, 4.69) is 24.3 Å². The minimum Gasteiger partial charge on any atom is -0.465 e. The fourth-order valence-electron chi connectivity index (χ4n) is 2.98. The number of esters is 2. The Morgan fingerprint density at radius 1 is 0.897 bits per heavy atom. The highest BCUT2D eigenvalue weighted by molar-refractivity contribution is 7.98. The fourth-order valence-corrected chi connectivity index (χ4v) is 3.39. The van der Waals surface area contributed by atoms with Gasteiger partial charge in [-0.05, 0) is 53.8 Å². The summed E-state index contributed by atoms with van der Waals surface area (Å²) in [5.41, 5.74) is 2.99. The summed E-state index contributed by atoms with van der Waals surface area (Å²) >= 11 is 1.69. The molecule has 0 aliphatic carbocycles. The normalized spacial score (nSPS) is 13.3. The lowest BCUT2D eigenvalue weighted by atomic mass is 10.0. The maximum atomic E-state index is 12.6. The van der Waals surface area contributed by atoms with Crippen molar-refractivity contribution in [2.75, 3.05) is 25.4 Å². The molecule has 0 amide bonds. The van der Waals surface area contributed by atoms with E-state index in [0.29, 0.717) is 0 Å². The van der Waals surface area contributed by atoms with Gasteiger partial charge in [-0.2, -0.15) is 0 Å². The van der Waals surface area contributed by atoms with E-state index in [1.54, 1.807) is 41.1 Å². The van der Waals surface area contributed by atoms with Gasteiger partial charge in [-0.25, -0.2) is 9.59 Å². The molecule has 0 saturated heterocycles. The van der Waals surface area contributed by atoms with Crippen molar-refractivity contribution < 1.29 is 19.1 Å². The van der Waals surface area contributed by atoms with Gasteiger partial charge >= 0.3 is 11.9 Å². The second kappa shape index (κ2) is 9.30. The topological polar surface area (TPSA) is 55.8 Å². The van der Waals surface area contributed by atoms with Crippen molar-refractivity contribution in [2.45, 2.75) is 4.90 Å². The van der Waals surface area contributed by atoms with E-state index in [1.807, 2.05) is 30.5 Å². The highest BCUT2D eigenvalue weighted by atomic mass is 32.2. The Kier molecular flexibility index (Phi) is 6.57. The Labute approximate surface area is 174 Å². The maximum Gasteiger partial charge on any atom is 0.355 e. The molecule has 2 aromatic rings. The zero-order chi connectivity index (χ0) is 20.8. The third-order valence-corrected chi connectivity index (χ3v) is 5.18. The van der Waals surface area contributed by atoms with Crippen LogP contribution in [0.5, 0.6) is 0 Å². The van der Waals surface area contributed by atoms with E-state index >= 15 is 0 Å². The van der Waals surface area contributed by atoms with E-state index in [1.165, 1.54) is 19.1 Å². The first-order valence-corrected chi connectivity index (χ1v) is 10.1. The number of ether oxygens (including phenoxy) is 2. The van der Waals surface area contributed by atoms with Crippen LogP contribution in [0.3, 0.4) is 0 Å². The number of hydrogen-bond acceptors (Lipinski definition) is 6. The second-order valence-corrected chi connectivity index (χ2v) is 6.97. The second-order valence-electron chi connectivity index (χ2n) is 6.09. The van der Waals surface area contributed by atoms with Crippen molar-refractivity contribution in [1.29, 1.82) is 0 Å². The monoisotopic (exact) mass is 407 g/mol. The molecule has 29 heavy (non-hydrogen) atoms. The number of carbonyl (C=O) groups is 2. The molecule has 1 aliphatic heterocycles. The Bertz CT molecular complexity index is 1010. The minimum absolute atomic E-state index is 0.0965. The molecular weight excluding hydrogens is 386 g/mol. The van der Waals surface area contributed by atoms with Crippen LogP contribution in [0.4, 0.5) is 5.69 Å². The molecule has 0 saturated carbocycles. The summed E-state index contributed by atoms with van der Waals surface area (Å²) in [5, 5.41) is 0. The maximum absolute atomic E-state index is 12.6. The average molecular weight is 407 g/mol. The van der Waals surface area contributed by atoms with Crippen LogP contribution >= 0.6 is 11.8 Å². The number of hydrogen-bond donors (Lipinski definition) is 0. The molecule has 0 spiro atoms. The molecule has 5 nitrogen and oxygen atoms in total. The summed E-state index contributed by atoms with van der Waals surface area (Å²) in [7, 11) is 2.56. The van der Waals surface area contributed by atoms with Crippen LogP contribution in [0.25, 0.3) is 11.1 Å². The predicted molar refractivity (Wildman–Crippen MR) is 115 cm³/mol. The highest BCUT2D eigenvalue weighted by Crippen LogP contribution is 2.31. The van der Waals surface area contributed by atoms with E-state index < -0.39 is 11.9 Å². The van der Waals surface area contributed by atoms with E-state index in [9.17, 15) is 9.59 Å². The van der Waals surface area contributed by atoms with Crippen LogP contribution in [0.15, 0.2) is 89.1 Å². The number of benzene rings is 2. The van der Waals surface area contributed by atoms with Gasteiger partial charge in [-0.15, -0.1) is 11.8 Å². The molecule has 148 valence electrons. The quantitative estimate of drug-likeness (QED) is 0.535. The van der Waals surface area contributed by atoms with Gasteiger partial charge in [0, 0.05) is 16.8 Å². The van der Waals surface area contributed by atoms with Crippen LogP contribution in [-0.2, 0) is 19.1 Å². The molecule has 0 unspecified atom stereocenters. The van der Waals surface area contributed by atoms with Crippen LogP contribution < -0.4 is 4.90 Å². The molecule has 0 N–H and O–H groups in total. The molecule has 1 aliphatic rings. The molecule has 1 heterocycles. The number of carbonyl (C=O) groups excluding carboxylic acids is 2. The molecule has 6 heteroatoms. The number of nitrogens with zero attached hydrogens (tertiary/aromatic N) is 1. The van der Waals surface area contributed by atoms with Crippen LogP contribution in [-0.4, -0.2) is 32.4 Å². The third kappa shape index (κ3) is 4.43. The summed E-state index contributed by atoms with van der Waals surface area (Å²) < 4.78 is 9.80. The van der Waals surface area contributed by atoms with Crippen molar-refractivity contribution in [3.05, 3.63) is 84.2 Å². The molecule has 3 rings (SSSR count). The summed E-state index contributed by atoms with van der Waals surface area (Å²) in [6, 6.07) is 16.0. The van der Waals surface area contributed by atoms with Crippen molar-refractivity contribution in [3.8, 4) is 11.1 Å². The number of thioether (sulfide) groups is 1. The number of allylic oxidation sites excluding steroid dienone is 2. The van der Waals surface area contributed by atoms with Gasteiger partial charge in [0.15, 0.2) is 0 Å². The van der Waals surface area contributed by atoms with Crippen LogP contribution in [0.2, 0.25) is 0 Å². The van der Waals surface area contributed by atoms with Gasteiger partial charge in [0.25, 0.3) is 0 Å². The van der Waals surface area contributed by atoms with Crippen molar-refractivity contribution >= 4 is 29.4 Å². The first kappa shape index (κ1) is 20.5. The van der Waals surface area contributed by atoms with Gasteiger partial charge in [0.1, 0.15) is 5.70 Å². The van der Waals surface area contributed by atoms with Gasteiger partial charge in [0.2, 0.25) is 0 Å². The van der Waals surface area contributed by atoms with Crippen molar-refractivity contribution in [1.82, 2.24) is 0 Å². The Balaban J connectivity index is 2.09. The van der Waals surface area contributed by atoms with Gasteiger partial charge in [-0.3, -0.25) is 0 Å². The van der Waals surface area contributed by atoms with Gasteiger partial charge in [0.05, 0.1) is 19.8 Å². The molecule has 0 radical (unpaired) electrons. The summed E-state index contributed by atoms with van der Waals surface area (Å²) in [4.78, 5) is 27.7. The lowest BCUT2D eigenvalue weighted by Gasteiger charge is -2.23. The Morgan fingerprint density at radius 3 is 2.28 bits per heavy atom. The molecular formula is C23H21NO4S. The number of methoxy groups -OCH3 is 2. The van der Waals surface area contributed by atoms with Gasteiger partial charge < -0.3 is 14.4 Å². The van der Waals surface area contributed by atoms with Crippen molar-refractivity contribution in [3.63, 3.8) is 0 Å². The lowest BCUT2D eigenvalue weighted by molar-refractivity contribution is -0.139. The first-order chi connectivity index (χ1) is 14.1. The van der Waals surface area contributed by atoms with Crippen LogP contribution in [0, 0.1) is 0 Å².